The Kier molecular flexibility index (Phi) is 3.48. The zero-order chi connectivity index (χ0) is 16.9. The van der Waals surface area contributed by atoms with E-state index in [0.29, 0.717) is 23.9 Å². The van der Waals surface area contributed by atoms with Gasteiger partial charge in [0.2, 0.25) is 0 Å². The molecule has 8 nitrogen and oxygen atoms in total. The van der Waals surface area contributed by atoms with Crippen LogP contribution in [0.5, 0.6) is 0 Å². The van der Waals surface area contributed by atoms with E-state index in [1.54, 1.807) is 23.7 Å². The highest BCUT2D eigenvalue weighted by molar-refractivity contribution is 7.91. The summed E-state index contributed by atoms with van der Waals surface area (Å²) in [5.74, 6) is 1.22. The SMILES string of the molecule is Cc1cc(NC(=O)c2cc(C3CC3)n(C3CCS(=O)(=O)C3)n2)no1. The quantitative estimate of drug-likeness (QED) is 0.899. The first-order valence-electron chi connectivity index (χ1n) is 7.96. The molecule has 1 unspecified atom stereocenters. The summed E-state index contributed by atoms with van der Waals surface area (Å²) in [5.41, 5.74) is 1.24. The summed E-state index contributed by atoms with van der Waals surface area (Å²) in [6.45, 7) is 1.74. The molecule has 0 aromatic carbocycles. The molecule has 24 heavy (non-hydrogen) atoms. The third-order valence-corrected chi connectivity index (χ3v) is 6.17. The van der Waals surface area contributed by atoms with Crippen LogP contribution in [0.25, 0.3) is 0 Å². The molecule has 1 N–H and O–H groups in total. The lowest BCUT2D eigenvalue weighted by Gasteiger charge is -2.12. The summed E-state index contributed by atoms with van der Waals surface area (Å²) < 4.78 is 30.2. The first-order valence-corrected chi connectivity index (χ1v) is 9.78. The number of rotatable bonds is 4. The largest absolute Gasteiger partial charge is 0.360 e. The molecule has 2 aromatic heterocycles. The van der Waals surface area contributed by atoms with Gasteiger partial charge in [0, 0.05) is 17.7 Å². The summed E-state index contributed by atoms with van der Waals surface area (Å²) in [7, 11) is -3.01. The Hall–Kier alpha value is -2.16. The molecule has 1 aliphatic carbocycles. The van der Waals surface area contributed by atoms with E-state index in [9.17, 15) is 13.2 Å². The molecule has 2 aliphatic rings. The van der Waals surface area contributed by atoms with Gasteiger partial charge in [-0.2, -0.15) is 5.10 Å². The number of carbonyl (C=O) groups is 1. The number of aromatic nitrogens is 3. The first-order chi connectivity index (χ1) is 11.4. The van der Waals surface area contributed by atoms with Crippen LogP contribution >= 0.6 is 0 Å². The molecule has 1 atom stereocenters. The normalized spacial score (nSPS) is 22.6. The molecular weight excluding hydrogens is 332 g/mol. The predicted octanol–water partition coefficient (Wildman–Crippen LogP) is 1.67. The van der Waals surface area contributed by atoms with Gasteiger partial charge in [-0.25, -0.2) is 8.42 Å². The van der Waals surface area contributed by atoms with Crippen molar-refractivity contribution < 1.29 is 17.7 Å². The second-order valence-electron chi connectivity index (χ2n) is 6.51. The highest BCUT2D eigenvalue weighted by Gasteiger charge is 2.36. The van der Waals surface area contributed by atoms with Crippen molar-refractivity contribution in [3.05, 3.63) is 29.3 Å². The Labute approximate surface area is 139 Å². The van der Waals surface area contributed by atoms with Gasteiger partial charge in [-0.15, -0.1) is 0 Å². The predicted molar refractivity (Wildman–Crippen MR) is 85.7 cm³/mol. The van der Waals surface area contributed by atoms with Gasteiger partial charge in [0.1, 0.15) is 5.76 Å². The summed E-state index contributed by atoms with van der Waals surface area (Å²) in [6, 6.07) is 3.21. The second kappa shape index (κ2) is 5.44. The van der Waals surface area contributed by atoms with Gasteiger partial charge < -0.3 is 9.84 Å². The van der Waals surface area contributed by atoms with Crippen LogP contribution in [0.1, 0.15) is 53.2 Å². The maximum absolute atomic E-state index is 12.4. The van der Waals surface area contributed by atoms with Crippen LogP contribution in [0, 0.1) is 6.92 Å². The fourth-order valence-electron chi connectivity index (χ4n) is 3.07. The standard InChI is InChI=1S/C15H18N4O4S/c1-9-6-14(18-23-9)16-15(20)12-7-13(10-2-3-10)19(17-12)11-4-5-24(21,22)8-11/h6-7,10-11H,2-5,8H2,1H3,(H,16,18,20). The lowest BCUT2D eigenvalue weighted by atomic mass is 10.2. The minimum absolute atomic E-state index is 0.0952. The zero-order valence-corrected chi connectivity index (χ0v) is 14.0. The van der Waals surface area contributed by atoms with Gasteiger partial charge in [0.25, 0.3) is 5.91 Å². The average molecular weight is 350 g/mol. The molecule has 1 aliphatic heterocycles. The van der Waals surface area contributed by atoms with E-state index in [-0.39, 0.29) is 29.1 Å². The van der Waals surface area contributed by atoms with Gasteiger partial charge in [0.05, 0.1) is 17.5 Å². The molecule has 0 spiro atoms. The molecule has 3 heterocycles. The van der Waals surface area contributed by atoms with Gasteiger partial charge in [0.15, 0.2) is 21.3 Å². The summed E-state index contributed by atoms with van der Waals surface area (Å²) in [5, 5.41) is 10.8. The number of anilines is 1. The topological polar surface area (TPSA) is 107 Å². The van der Waals surface area contributed by atoms with Crippen molar-refractivity contribution in [2.24, 2.45) is 0 Å². The van der Waals surface area contributed by atoms with Crippen LogP contribution in [0.2, 0.25) is 0 Å². The van der Waals surface area contributed by atoms with Crippen LogP contribution in [0.15, 0.2) is 16.7 Å². The van der Waals surface area contributed by atoms with Crippen molar-refractivity contribution in [1.29, 1.82) is 0 Å². The van der Waals surface area contributed by atoms with Crippen molar-refractivity contribution in [1.82, 2.24) is 14.9 Å². The Balaban J connectivity index is 1.60. The number of aryl methyl sites for hydroxylation is 1. The highest BCUT2D eigenvalue weighted by Crippen LogP contribution is 2.42. The maximum atomic E-state index is 12.4. The molecule has 2 fully saturated rings. The van der Waals surface area contributed by atoms with E-state index in [2.05, 4.69) is 15.6 Å². The molecule has 4 rings (SSSR count). The second-order valence-corrected chi connectivity index (χ2v) is 8.74. The van der Waals surface area contributed by atoms with Crippen molar-refractivity contribution >= 4 is 21.6 Å². The van der Waals surface area contributed by atoms with Gasteiger partial charge in [-0.3, -0.25) is 9.48 Å². The Morgan fingerprint density at radius 2 is 2.12 bits per heavy atom. The van der Waals surface area contributed by atoms with Gasteiger partial charge >= 0.3 is 0 Å². The number of hydrogen-bond acceptors (Lipinski definition) is 6. The lowest BCUT2D eigenvalue weighted by Crippen LogP contribution is -2.17. The molecule has 0 radical (unpaired) electrons. The Morgan fingerprint density at radius 3 is 2.71 bits per heavy atom. The van der Waals surface area contributed by atoms with E-state index in [1.807, 2.05) is 0 Å². The molecule has 1 amide bonds. The minimum atomic E-state index is -3.01. The van der Waals surface area contributed by atoms with E-state index in [1.165, 1.54) is 0 Å². The zero-order valence-electron chi connectivity index (χ0n) is 13.2. The van der Waals surface area contributed by atoms with Crippen molar-refractivity contribution in [3.8, 4) is 0 Å². The van der Waals surface area contributed by atoms with Gasteiger partial charge in [-0.1, -0.05) is 5.16 Å². The Bertz CT molecular complexity index is 894. The van der Waals surface area contributed by atoms with Crippen molar-refractivity contribution in [3.63, 3.8) is 0 Å². The van der Waals surface area contributed by atoms with Crippen LogP contribution < -0.4 is 5.32 Å². The van der Waals surface area contributed by atoms with E-state index in [4.69, 9.17) is 4.52 Å². The number of carbonyl (C=O) groups excluding carboxylic acids is 1. The third kappa shape index (κ3) is 2.95. The summed E-state index contributed by atoms with van der Waals surface area (Å²) >= 11 is 0. The fourth-order valence-corrected chi connectivity index (χ4v) is 4.76. The summed E-state index contributed by atoms with van der Waals surface area (Å²) in [4.78, 5) is 12.4. The maximum Gasteiger partial charge on any atom is 0.277 e. The number of nitrogens with zero attached hydrogens (tertiary/aromatic N) is 3. The van der Waals surface area contributed by atoms with E-state index >= 15 is 0 Å². The van der Waals surface area contributed by atoms with Gasteiger partial charge in [-0.05, 0) is 32.3 Å². The molecule has 0 bridgehead atoms. The van der Waals surface area contributed by atoms with Crippen LogP contribution in [0.3, 0.4) is 0 Å². The minimum Gasteiger partial charge on any atom is -0.360 e. The van der Waals surface area contributed by atoms with Crippen LogP contribution in [-0.2, 0) is 9.84 Å². The molecular formula is C15H18N4O4S. The van der Waals surface area contributed by atoms with Crippen molar-refractivity contribution in [2.45, 2.75) is 38.1 Å². The monoisotopic (exact) mass is 350 g/mol. The van der Waals surface area contributed by atoms with Crippen LogP contribution in [-0.4, -0.2) is 40.8 Å². The van der Waals surface area contributed by atoms with E-state index < -0.39 is 9.84 Å². The molecule has 1 saturated heterocycles. The Morgan fingerprint density at radius 1 is 1.33 bits per heavy atom. The lowest BCUT2D eigenvalue weighted by molar-refractivity contribution is 0.102. The molecule has 128 valence electrons. The molecule has 1 saturated carbocycles. The van der Waals surface area contributed by atoms with E-state index in [0.717, 1.165) is 18.5 Å². The average Bonchev–Trinajstić information content (AvgIpc) is 2.96. The smallest absolute Gasteiger partial charge is 0.277 e. The summed E-state index contributed by atoms with van der Waals surface area (Å²) in [6.07, 6.45) is 2.65. The third-order valence-electron chi connectivity index (χ3n) is 4.42. The van der Waals surface area contributed by atoms with Crippen LogP contribution in [0.4, 0.5) is 5.82 Å². The molecule has 2 aromatic rings. The number of nitrogens with one attached hydrogen (secondary N) is 1. The number of sulfone groups is 1. The van der Waals surface area contributed by atoms with Crippen molar-refractivity contribution in [2.75, 3.05) is 16.8 Å². The number of hydrogen-bond donors (Lipinski definition) is 1. The first kappa shape index (κ1) is 15.4. The molecule has 9 heteroatoms. The fraction of sp³-hybridized carbons (Fsp3) is 0.533. The number of amides is 1. The highest BCUT2D eigenvalue weighted by atomic mass is 32.2.